The van der Waals surface area contributed by atoms with Gasteiger partial charge >= 0.3 is 0 Å². The van der Waals surface area contributed by atoms with Crippen LogP contribution in [0.2, 0.25) is 15.1 Å². The fourth-order valence-electron chi connectivity index (χ4n) is 4.11. The molecular formula is C24H23Cl3N2O. The van der Waals surface area contributed by atoms with Crippen LogP contribution in [0.5, 0.6) is 5.88 Å². The third kappa shape index (κ3) is 5.47. The molecule has 3 aromatic rings. The average molecular weight is 462 g/mol. The van der Waals surface area contributed by atoms with Crippen molar-refractivity contribution in [3.8, 4) is 5.88 Å². The molecule has 0 aliphatic carbocycles. The Labute approximate surface area is 192 Å². The Hall–Kier alpha value is -1.78. The molecule has 0 radical (unpaired) electrons. The van der Waals surface area contributed by atoms with Gasteiger partial charge in [0.2, 0.25) is 5.88 Å². The van der Waals surface area contributed by atoms with Crippen LogP contribution in [-0.2, 0) is 6.54 Å². The molecule has 0 amide bonds. The summed E-state index contributed by atoms with van der Waals surface area (Å²) in [5.74, 6) is 1.44. The lowest BCUT2D eigenvalue weighted by molar-refractivity contribution is 0.256. The Morgan fingerprint density at radius 3 is 2.50 bits per heavy atom. The van der Waals surface area contributed by atoms with Gasteiger partial charge in [0.1, 0.15) is 0 Å². The highest BCUT2D eigenvalue weighted by Crippen LogP contribution is 2.37. The fraction of sp³-hybridized carbons (Fsp3) is 0.292. The van der Waals surface area contributed by atoms with E-state index in [9.17, 15) is 0 Å². The first-order valence-electron chi connectivity index (χ1n) is 10.0. The Morgan fingerprint density at radius 2 is 1.77 bits per heavy atom. The van der Waals surface area contributed by atoms with Crippen LogP contribution in [0.3, 0.4) is 0 Å². The van der Waals surface area contributed by atoms with Crippen LogP contribution in [-0.4, -0.2) is 29.6 Å². The minimum atomic E-state index is 0.380. The molecule has 4 rings (SSSR count). The van der Waals surface area contributed by atoms with Gasteiger partial charge in [0.05, 0.1) is 21.7 Å². The first kappa shape index (κ1) is 21.5. The molecule has 1 saturated heterocycles. The zero-order chi connectivity index (χ0) is 20.9. The van der Waals surface area contributed by atoms with E-state index in [1.807, 2.05) is 12.1 Å². The molecule has 30 heavy (non-hydrogen) atoms. The van der Waals surface area contributed by atoms with Crippen molar-refractivity contribution in [3.63, 3.8) is 0 Å². The molecule has 0 bridgehead atoms. The zero-order valence-corrected chi connectivity index (χ0v) is 18.7. The highest BCUT2D eigenvalue weighted by atomic mass is 35.5. The zero-order valence-electron chi connectivity index (χ0n) is 16.5. The predicted molar refractivity (Wildman–Crippen MR) is 124 cm³/mol. The van der Waals surface area contributed by atoms with Crippen molar-refractivity contribution in [1.82, 2.24) is 9.88 Å². The van der Waals surface area contributed by atoms with Crippen LogP contribution in [0, 0.1) is 5.92 Å². The Balaban J connectivity index is 1.45. The standard InChI is InChI=1S/C24H23Cl3N2O/c25-20-7-9-24(28-13-20)30-11-10-19-15-29(14-17-4-2-1-3-5-17)16-21(19)18-6-8-22(26)23(27)12-18/h1-9,12-13,19,21H,10-11,14-16H2. The van der Waals surface area contributed by atoms with E-state index >= 15 is 0 Å². The SMILES string of the molecule is Clc1ccc(OCCC2CN(Cc3ccccc3)CC2c2ccc(Cl)c(Cl)c2)nc1. The number of nitrogens with zero attached hydrogens (tertiary/aromatic N) is 2. The molecule has 0 spiro atoms. The summed E-state index contributed by atoms with van der Waals surface area (Å²) in [6, 6.07) is 20.2. The summed E-state index contributed by atoms with van der Waals surface area (Å²) in [6.45, 7) is 3.54. The first-order valence-corrected chi connectivity index (χ1v) is 11.2. The van der Waals surface area contributed by atoms with E-state index in [1.165, 1.54) is 11.1 Å². The van der Waals surface area contributed by atoms with Gasteiger partial charge in [0.15, 0.2) is 0 Å². The minimum absolute atomic E-state index is 0.380. The summed E-state index contributed by atoms with van der Waals surface area (Å²) in [5.41, 5.74) is 2.56. The number of benzene rings is 2. The van der Waals surface area contributed by atoms with Crippen molar-refractivity contribution in [2.24, 2.45) is 5.92 Å². The van der Waals surface area contributed by atoms with E-state index in [2.05, 4.69) is 46.3 Å². The van der Waals surface area contributed by atoms with E-state index in [-0.39, 0.29) is 0 Å². The quantitative estimate of drug-likeness (QED) is 0.390. The molecule has 0 saturated carbocycles. The minimum Gasteiger partial charge on any atom is -0.478 e. The molecule has 2 heterocycles. The van der Waals surface area contributed by atoms with Crippen molar-refractivity contribution in [2.75, 3.05) is 19.7 Å². The number of rotatable bonds is 7. The summed E-state index contributed by atoms with van der Waals surface area (Å²) < 4.78 is 5.87. The smallest absolute Gasteiger partial charge is 0.213 e. The number of pyridine rings is 1. The first-order chi connectivity index (χ1) is 14.6. The molecule has 1 aliphatic heterocycles. The van der Waals surface area contributed by atoms with E-state index < -0.39 is 0 Å². The van der Waals surface area contributed by atoms with Gasteiger partial charge in [0, 0.05) is 37.8 Å². The third-order valence-electron chi connectivity index (χ3n) is 5.58. The van der Waals surface area contributed by atoms with Crippen molar-refractivity contribution >= 4 is 34.8 Å². The van der Waals surface area contributed by atoms with Gasteiger partial charge in [-0.05, 0) is 41.7 Å². The summed E-state index contributed by atoms with van der Waals surface area (Å²) in [6.07, 6.45) is 2.53. The predicted octanol–water partition coefficient (Wildman–Crippen LogP) is 6.73. The molecule has 1 fully saturated rings. The fourth-order valence-corrected chi connectivity index (χ4v) is 4.53. The van der Waals surface area contributed by atoms with Gasteiger partial charge in [-0.25, -0.2) is 4.98 Å². The van der Waals surface area contributed by atoms with Crippen LogP contribution in [0.25, 0.3) is 0 Å². The summed E-state index contributed by atoms with van der Waals surface area (Å²) >= 11 is 18.4. The van der Waals surface area contributed by atoms with E-state index in [4.69, 9.17) is 39.5 Å². The lowest BCUT2D eigenvalue weighted by Crippen LogP contribution is -2.20. The van der Waals surface area contributed by atoms with Gasteiger partial charge in [-0.15, -0.1) is 0 Å². The van der Waals surface area contributed by atoms with Gasteiger partial charge < -0.3 is 4.74 Å². The monoisotopic (exact) mass is 460 g/mol. The maximum absolute atomic E-state index is 6.31. The number of ether oxygens (including phenoxy) is 1. The van der Waals surface area contributed by atoms with Crippen LogP contribution in [0.15, 0.2) is 66.9 Å². The molecule has 2 unspecified atom stereocenters. The van der Waals surface area contributed by atoms with Crippen molar-refractivity contribution in [3.05, 3.63) is 93.1 Å². The molecule has 1 aromatic heterocycles. The number of hydrogen-bond acceptors (Lipinski definition) is 3. The molecule has 156 valence electrons. The number of hydrogen-bond donors (Lipinski definition) is 0. The number of likely N-dealkylation sites (tertiary alicyclic amines) is 1. The molecule has 1 aliphatic rings. The molecule has 2 aromatic carbocycles. The average Bonchev–Trinajstić information content (AvgIpc) is 3.15. The summed E-state index contributed by atoms with van der Waals surface area (Å²) in [7, 11) is 0. The van der Waals surface area contributed by atoms with Gasteiger partial charge in [-0.3, -0.25) is 4.90 Å². The van der Waals surface area contributed by atoms with E-state index in [0.717, 1.165) is 26.1 Å². The topological polar surface area (TPSA) is 25.4 Å². The molecule has 3 nitrogen and oxygen atoms in total. The van der Waals surface area contributed by atoms with Crippen LogP contribution < -0.4 is 4.74 Å². The lowest BCUT2D eigenvalue weighted by Gasteiger charge is -2.19. The van der Waals surface area contributed by atoms with Crippen LogP contribution >= 0.6 is 34.8 Å². The maximum Gasteiger partial charge on any atom is 0.213 e. The largest absolute Gasteiger partial charge is 0.478 e. The van der Waals surface area contributed by atoms with Gasteiger partial charge in [-0.2, -0.15) is 0 Å². The number of aromatic nitrogens is 1. The molecular weight excluding hydrogens is 439 g/mol. The van der Waals surface area contributed by atoms with E-state index in [1.54, 1.807) is 18.3 Å². The third-order valence-corrected chi connectivity index (χ3v) is 6.54. The second kappa shape index (κ2) is 10.0. The van der Waals surface area contributed by atoms with Crippen molar-refractivity contribution < 1.29 is 4.74 Å². The Bertz CT molecular complexity index is 966. The lowest BCUT2D eigenvalue weighted by atomic mass is 9.87. The Morgan fingerprint density at radius 1 is 0.933 bits per heavy atom. The Kier molecular flexibility index (Phi) is 7.16. The maximum atomic E-state index is 6.31. The van der Waals surface area contributed by atoms with Crippen molar-refractivity contribution in [2.45, 2.75) is 18.9 Å². The van der Waals surface area contributed by atoms with E-state index in [0.29, 0.717) is 39.4 Å². The van der Waals surface area contributed by atoms with Crippen molar-refractivity contribution in [1.29, 1.82) is 0 Å². The van der Waals surface area contributed by atoms with Gasteiger partial charge in [0.25, 0.3) is 0 Å². The molecule has 6 heteroatoms. The highest BCUT2D eigenvalue weighted by molar-refractivity contribution is 6.42. The summed E-state index contributed by atoms with van der Waals surface area (Å²) in [5, 5.41) is 1.80. The molecule has 0 N–H and O–H groups in total. The second-order valence-electron chi connectivity index (χ2n) is 7.67. The second-order valence-corrected chi connectivity index (χ2v) is 8.92. The molecule has 2 atom stereocenters. The number of halogens is 3. The van der Waals surface area contributed by atoms with Crippen LogP contribution in [0.1, 0.15) is 23.5 Å². The normalized spacial score (nSPS) is 19.2. The highest BCUT2D eigenvalue weighted by Gasteiger charge is 2.33. The summed E-state index contributed by atoms with van der Waals surface area (Å²) in [4.78, 5) is 6.72. The van der Waals surface area contributed by atoms with Gasteiger partial charge in [-0.1, -0.05) is 71.2 Å². The van der Waals surface area contributed by atoms with Crippen LogP contribution in [0.4, 0.5) is 0 Å².